The molecule has 0 aliphatic carbocycles. The first-order chi connectivity index (χ1) is 8.13. The summed E-state index contributed by atoms with van der Waals surface area (Å²) >= 11 is 6.08. The molecule has 0 atom stereocenters. The van der Waals surface area contributed by atoms with Crippen LogP contribution in [0.3, 0.4) is 0 Å². The monoisotopic (exact) mass is 247 g/mol. The summed E-state index contributed by atoms with van der Waals surface area (Å²) in [6, 6.07) is 7.14. The van der Waals surface area contributed by atoms with Crippen LogP contribution in [-0.4, -0.2) is 9.78 Å². The molecule has 0 aliphatic heterocycles. The maximum absolute atomic E-state index is 8.31. The highest BCUT2D eigenvalue weighted by Crippen LogP contribution is 2.23. The highest BCUT2D eigenvalue weighted by Gasteiger charge is 2.10. The standard InChI is InChI=1S/C11H10ClN5/c1-7-11(12)8(2)17(15-7)10-5-3-9(4-6-10)14-16-13/h3-6H,1-2H3. The molecule has 0 unspecified atom stereocenters. The third-order valence-electron chi connectivity index (χ3n) is 2.46. The van der Waals surface area contributed by atoms with Crippen molar-refractivity contribution < 1.29 is 0 Å². The summed E-state index contributed by atoms with van der Waals surface area (Å²) in [4.78, 5) is 2.73. The van der Waals surface area contributed by atoms with Crippen molar-refractivity contribution in [3.05, 3.63) is 51.1 Å². The highest BCUT2D eigenvalue weighted by atomic mass is 35.5. The van der Waals surface area contributed by atoms with E-state index in [1.54, 1.807) is 16.8 Å². The molecule has 17 heavy (non-hydrogen) atoms. The van der Waals surface area contributed by atoms with E-state index in [0.717, 1.165) is 17.1 Å². The van der Waals surface area contributed by atoms with Gasteiger partial charge in [-0.05, 0) is 31.5 Å². The van der Waals surface area contributed by atoms with Gasteiger partial charge in [-0.25, -0.2) is 4.68 Å². The summed E-state index contributed by atoms with van der Waals surface area (Å²) in [7, 11) is 0. The Morgan fingerprint density at radius 2 is 1.94 bits per heavy atom. The van der Waals surface area contributed by atoms with Crippen LogP contribution in [0, 0.1) is 13.8 Å². The summed E-state index contributed by atoms with van der Waals surface area (Å²) < 4.78 is 1.76. The Balaban J connectivity index is 2.46. The van der Waals surface area contributed by atoms with Crippen LogP contribution in [0.1, 0.15) is 11.4 Å². The SMILES string of the molecule is Cc1nn(-c2ccc(N=[N+]=[N-])cc2)c(C)c1Cl. The quantitative estimate of drug-likeness (QED) is 0.448. The first kappa shape index (κ1) is 11.5. The molecule has 86 valence electrons. The maximum atomic E-state index is 8.31. The normalized spacial score (nSPS) is 10.1. The van der Waals surface area contributed by atoms with E-state index in [1.165, 1.54) is 0 Å². The minimum Gasteiger partial charge on any atom is -0.236 e. The molecule has 0 N–H and O–H groups in total. The lowest BCUT2D eigenvalue weighted by molar-refractivity contribution is 0.834. The van der Waals surface area contributed by atoms with Gasteiger partial charge in [-0.3, -0.25) is 0 Å². The van der Waals surface area contributed by atoms with Gasteiger partial charge in [0.05, 0.1) is 22.1 Å². The molecule has 0 amide bonds. The maximum Gasteiger partial charge on any atom is 0.0848 e. The van der Waals surface area contributed by atoms with Crippen LogP contribution in [0.2, 0.25) is 5.02 Å². The topological polar surface area (TPSA) is 66.6 Å². The molecule has 0 saturated carbocycles. The van der Waals surface area contributed by atoms with Crippen LogP contribution in [0.5, 0.6) is 0 Å². The van der Waals surface area contributed by atoms with Gasteiger partial charge < -0.3 is 0 Å². The Morgan fingerprint density at radius 1 is 1.29 bits per heavy atom. The Hall–Kier alpha value is -1.97. The third kappa shape index (κ3) is 2.11. The minimum absolute atomic E-state index is 0.573. The second-order valence-electron chi connectivity index (χ2n) is 3.60. The van der Waals surface area contributed by atoms with E-state index in [9.17, 15) is 0 Å². The Morgan fingerprint density at radius 3 is 2.41 bits per heavy atom. The van der Waals surface area contributed by atoms with Gasteiger partial charge in [0, 0.05) is 10.6 Å². The smallest absolute Gasteiger partial charge is 0.0848 e. The number of azide groups is 1. The second kappa shape index (κ2) is 4.49. The summed E-state index contributed by atoms with van der Waals surface area (Å²) in [5.74, 6) is 0. The van der Waals surface area contributed by atoms with Crippen molar-refractivity contribution in [2.45, 2.75) is 13.8 Å². The van der Waals surface area contributed by atoms with Crippen LogP contribution in [0.4, 0.5) is 5.69 Å². The van der Waals surface area contributed by atoms with Crippen molar-refractivity contribution in [2.24, 2.45) is 5.11 Å². The summed E-state index contributed by atoms with van der Waals surface area (Å²) in [5, 5.41) is 8.52. The Kier molecular flexibility index (Phi) is 3.04. The van der Waals surface area contributed by atoms with Crippen molar-refractivity contribution in [1.82, 2.24) is 9.78 Å². The lowest BCUT2D eigenvalue weighted by Gasteiger charge is -2.04. The fourth-order valence-electron chi connectivity index (χ4n) is 1.59. The van der Waals surface area contributed by atoms with Crippen molar-refractivity contribution in [3.63, 3.8) is 0 Å². The summed E-state index contributed by atoms with van der Waals surface area (Å²) in [6.07, 6.45) is 0. The molecule has 0 spiro atoms. The molecule has 1 heterocycles. The van der Waals surface area contributed by atoms with Gasteiger partial charge in [-0.1, -0.05) is 28.8 Å². The van der Waals surface area contributed by atoms with Crippen LogP contribution >= 0.6 is 11.6 Å². The molecule has 2 rings (SSSR count). The third-order valence-corrected chi connectivity index (χ3v) is 3.00. The van der Waals surface area contributed by atoms with Gasteiger partial charge in [0.1, 0.15) is 0 Å². The second-order valence-corrected chi connectivity index (χ2v) is 3.98. The van der Waals surface area contributed by atoms with E-state index in [2.05, 4.69) is 15.1 Å². The molecule has 0 bridgehead atoms. The number of hydrogen-bond acceptors (Lipinski definition) is 2. The van der Waals surface area contributed by atoms with E-state index in [1.807, 2.05) is 26.0 Å². The zero-order chi connectivity index (χ0) is 12.4. The lowest BCUT2D eigenvalue weighted by Crippen LogP contribution is -1.98. The number of rotatable bonds is 2. The molecule has 5 nitrogen and oxygen atoms in total. The average Bonchev–Trinajstić information content (AvgIpc) is 2.59. The Bertz CT molecular complexity index is 593. The van der Waals surface area contributed by atoms with E-state index in [0.29, 0.717) is 10.7 Å². The lowest BCUT2D eigenvalue weighted by atomic mass is 10.3. The van der Waals surface area contributed by atoms with Gasteiger partial charge in [0.15, 0.2) is 0 Å². The zero-order valence-corrected chi connectivity index (χ0v) is 10.2. The number of nitrogens with zero attached hydrogens (tertiary/aromatic N) is 5. The van der Waals surface area contributed by atoms with Crippen molar-refractivity contribution >= 4 is 17.3 Å². The van der Waals surface area contributed by atoms with E-state index in [4.69, 9.17) is 17.1 Å². The average molecular weight is 248 g/mol. The predicted octanol–water partition coefficient (Wildman–Crippen LogP) is 4.08. The largest absolute Gasteiger partial charge is 0.236 e. The van der Waals surface area contributed by atoms with Gasteiger partial charge in [-0.15, -0.1) is 0 Å². The number of halogens is 1. The number of aryl methyl sites for hydroxylation is 1. The first-order valence-corrected chi connectivity index (χ1v) is 5.38. The highest BCUT2D eigenvalue weighted by molar-refractivity contribution is 6.31. The van der Waals surface area contributed by atoms with Gasteiger partial charge in [0.25, 0.3) is 0 Å². The number of aromatic nitrogens is 2. The van der Waals surface area contributed by atoms with Crippen molar-refractivity contribution in [2.75, 3.05) is 0 Å². The molecular formula is C11H10ClN5. The van der Waals surface area contributed by atoms with Crippen LogP contribution in [0.15, 0.2) is 29.4 Å². The summed E-state index contributed by atoms with van der Waals surface area (Å²) in [5.41, 5.74) is 11.5. The molecule has 0 saturated heterocycles. The number of hydrogen-bond donors (Lipinski definition) is 0. The van der Waals surface area contributed by atoms with E-state index in [-0.39, 0.29) is 0 Å². The zero-order valence-electron chi connectivity index (χ0n) is 9.42. The van der Waals surface area contributed by atoms with Crippen LogP contribution < -0.4 is 0 Å². The van der Waals surface area contributed by atoms with E-state index >= 15 is 0 Å². The minimum atomic E-state index is 0.573. The van der Waals surface area contributed by atoms with Gasteiger partial charge in [0.2, 0.25) is 0 Å². The molecule has 0 aliphatic rings. The summed E-state index contributed by atoms with van der Waals surface area (Å²) in [6.45, 7) is 3.77. The Labute approximate surface area is 103 Å². The van der Waals surface area contributed by atoms with Gasteiger partial charge in [-0.2, -0.15) is 5.10 Å². The predicted molar refractivity (Wildman–Crippen MR) is 66.9 cm³/mol. The van der Waals surface area contributed by atoms with E-state index < -0.39 is 0 Å². The van der Waals surface area contributed by atoms with Crippen LogP contribution in [-0.2, 0) is 0 Å². The number of benzene rings is 1. The molecule has 0 radical (unpaired) electrons. The van der Waals surface area contributed by atoms with Gasteiger partial charge >= 0.3 is 0 Å². The molecular weight excluding hydrogens is 238 g/mol. The molecule has 0 fully saturated rings. The molecule has 1 aromatic heterocycles. The van der Waals surface area contributed by atoms with Crippen molar-refractivity contribution in [3.8, 4) is 5.69 Å². The fraction of sp³-hybridized carbons (Fsp3) is 0.182. The van der Waals surface area contributed by atoms with Crippen LogP contribution in [0.25, 0.3) is 16.1 Å². The first-order valence-electron chi connectivity index (χ1n) is 5.00. The van der Waals surface area contributed by atoms with Crippen molar-refractivity contribution in [1.29, 1.82) is 0 Å². The fourth-order valence-corrected chi connectivity index (χ4v) is 1.71. The molecule has 2 aromatic rings. The molecule has 6 heteroatoms. The molecule has 1 aromatic carbocycles.